The maximum Gasteiger partial charge on any atom is 0.253 e. The molecule has 9 heteroatoms. The van der Waals surface area contributed by atoms with Crippen LogP contribution in [0.4, 0.5) is 4.39 Å². The molecule has 0 aliphatic rings. The molecule has 1 aromatic heterocycles. The van der Waals surface area contributed by atoms with E-state index < -0.39 is 35.5 Å². The summed E-state index contributed by atoms with van der Waals surface area (Å²) in [6.07, 6.45) is 0.402. The van der Waals surface area contributed by atoms with Crippen LogP contribution in [0.1, 0.15) is 17.4 Å². The summed E-state index contributed by atoms with van der Waals surface area (Å²) in [6.45, 7) is -0.986. The number of carbonyl (C=O) groups excluding carboxylic acids is 2. The molecule has 27 heavy (non-hydrogen) atoms. The van der Waals surface area contributed by atoms with E-state index >= 15 is 0 Å². The van der Waals surface area contributed by atoms with Crippen LogP contribution in [0, 0.1) is 0 Å². The average Bonchev–Trinajstić information content (AvgIpc) is 2.65. The minimum atomic E-state index is -1.35. The topological polar surface area (TPSA) is 105 Å². The van der Waals surface area contributed by atoms with Gasteiger partial charge in [-0.05, 0) is 17.2 Å². The summed E-state index contributed by atoms with van der Waals surface area (Å²) >= 11 is 10.9. The lowest BCUT2D eigenvalue weighted by Crippen LogP contribution is -2.43. The van der Waals surface area contributed by atoms with Crippen molar-refractivity contribution in [2.75, 3.05) is 6.67 Å². The van der Waals surface area contributed by atoms with Gasteiger partial charge in [-0.2, -0.15) is 0 Å². The fourth-order valence-corrected chi connectivity index (χ4v) is 2.56. The van der Waals surface area contributed by atoms with Gasteiger partial charge < -0.3 is 16.2 Å². The van der Waals surface area contributed by atoms with E-state index in [4.69, 9.17) is 28.9 Å². The molecule has 0 aliphatic heterocycles. The van der Waals surface area contributed by atoms with Crippen molar-refractivity contribution in [3.63, 3.8) is 0 Å². The first kappa shape index (κ1) is 21.1. The van der Waals surface area contributed by atoms with Gasteiger partial charge in [0, 0.05) is 17.5 Å². The lowest BCUT2D eigenvalue weighted by molar-refractivity contribution is -0.121. The number of hydrogen-bond acceptors (Lipinski definition) is 4. The number of hydrogen-bond donors (Lipinski definition) is 3. The Kier molecular flexibility index (Phi) is 7.53. The lowest BCUT2D eigenvalue weighted by atomic mass is 9.99. The van der Waals surface area contributed by atoms with Crippen molar-refractivity contribution < 1.29 is 19.1 Å². The first-order valence-electron chi connectivity index (χ1n) is 7.98. The lowest BCUT2D eigenvalue weighted by Gasteiger charge is -2.22. The quantitative estimate of drug-likeness (QED) is 0.575. The third-order valence-electron chi connectivity index (χ3n) is 3.84. The predicted molar refractivity (Wildman–Crippen MR) is 101 cm³/mol. The first-order chi connectivity index (χ1) is 12.8. The zero-order valence-corrected chi connectivity index (χ0v) is 15.6. The predicted octanol–water partition coefficient (Wildman–Crippen LogP) is 2.07. The van der Waals surface area contributed by atoms with Crippen LogP contribution in [0.5, 0.6) is 0 Å². The van der Waals surface area contributed by atoms with E-state index in [-0.39, 0.29) is 6.42 Å². The molecule has 0 radical (unpaired) electrons. The van der Waals surface area contributed by atoms with E-state index in [0.717, 1.165) is 11.1 Å². The fourth-order valence-electron chi connectivity index (χ4n) is 2.43. The zero-order chi connectivity index (χ0) is 20.0. The third kappa shape index (κ3) is 5.89. The average molecular weight is 414 g/mol. The molecule has 1 heterocycles. The molecule has 2 atom stereocenters. The molecular weight excluding hydrogens is 396 g/mol. The minimum Gasteiger partial charge on any atom is -0.386 e. The number of aliphatic hydroxyl groups is 1. The summed E-state index contributed by atoms with van der Waals surface area (Å²) in [5, 5.41) is 12.6. The Hall–Kier alpha value is -2.22. The number of halogens is 3. The molecule has 6 nitrogen and oxygen atoms in total. The second-order valence-corrected chi connectivity index (χ2v) is 6.91. The normalized spacial score (nSPS) is 13.2. The Bertz CT molecular complexity index is 785. The van der Waals surface area contributed by atoms with Crippen LogP contribution in [0.3, 0.4) is 0 Å². The summed E-state index contributed by atoms with van der Waals surface area (Å²) < 4.78 is 13.2. The Labute approximate surface area is 165 Å². The monoisotopic (exact) mass is 413 g/mol. The highest BCUT2D eigenvalue weighted by Crippen LogP contribution is 2.24. The number of benzene rings is 1. The smallest absolute Gasteiger partial charge is 0.253 e. The number of primary amides is 1. The summed E-state index contributed by atoms with van der Waals surface area (Å²) in [5.41, 5.74) is 7.72. The summed E-state index contributed by atoms with van der Waals surface area (Å²) in [7, 11) is 0. The maximum absolute atomic E-state index is 13.2. The van der Waals surface area contributed by atoms with Gasteiger partial charge in [0.2, 0.25) is 5.91 Å². The highest BCUT2D eigenvalue weighted by molar-refractivity contribution is 6.53. The number of aromatic nitrogens is 1. The molecular formula is C18H18Cl2FN3O3. The van der Waals surface area contributed by atoms with Crippen molar-refractivity contribution in [1.29, 1.82) is 0 Å². The van der Waals surface area contributed by atoms with Gasteiger partial charge in [0.05, 0.1) is 12.5 Å². The first-order valence-corrected chi connectivity index (χ1v) is 8.85. The molecule has 0 saturated heterocycles. The molecule has 144 valence electrons. The Balaban J connectivity index is 2.11. The summed E-state index contributed by atoms with van der Waals surface area (Å²) in [5.74, 6) is -1.24. The second-order valence-electron chi connectivity index (χ2n) is 5.82. The van der Waals surface area contributed by atoms with E-state index in [2.05, 4.69) is 10.3 Å². The van der Waals surface area contributed by atoms with Crippen LogP contribution in [-0.2, 0) is 16.0 Å². The molecule has 0 fully saturated rings. The molecule has 0 saturated carbocycles. The number of nitrogens with two attached hydrogens (primary N) is 1. The summed E-state index contributed by atoms with van der Waals surface area (Å²) in [6, 6.07) is 9.02. The number of aliphatic hydroxyl groups excluding tert-OH is 1. The van der Waals surface area contributed by atoms with Crippen molar-refractivity contribution in [3.05, 3.63) is 53.9 Å². The number of rotatable bonds is 8. The minimum absolute atomic E-state index is 0.0627. The van der Waals surface area contributed by atoms with Gasteiger partial charge in [0.1, 0.15) is 12.8 Å². The van der Waals surface area contributed by atoms with Crippen molar-refractivity contribution in [3.8, 4) is 11.1 Å². The number of amides is 2. The standard InChI is InChI=1S/C18H18Cl2FN3O3/c19-17(20)18(27)24-14(8-21)16(26)11-3-1-10(2-4-11)12-5-6-13(23-9-12)7-15(22)25/h1-6,9,14,16-17,26H,7-8H2,(H2,22,25)(H,24,27)/t14-,16+/m1/s1. The maximum atomic E-state index is 13.2. The number of alkyl halides is 3. The van der Waals surface area contributed by atoms with Gasteiger partial charge in [-0.25, -0.2) is 4.39 Å². The van der Waals surface area contributed by atoms with Crippen molar-refractivity contribution in [1.82, 2.24) is 10.3 Å². The Morgan fingerprint density at radius 3 is 2.26 bits per heavy atom. The zero-order valence-electron chi connectivity index (χ0n) is 14.1. The van der Waals surface area contributed by atoms with Crippen molar-refractivity contribution >= 4 is 35.0 Å². The molecule has 0 bridgehead atoms. The highest BCUT2D eigenvalue weighted by atomic mass is 35.5. The van der Waals surface area contributed by atoms with Gasteiger partial charge in [-0.15, -0.1) is 0 Å². The van der Waals surface area contributed by atoms with E-state index in [9.17, 15) is 19.1 Å². The molecule has 0 aliphatic carbocycles. The van der Waals surface area contributed by atoms with E-state index in [0.29, 0.717) is 11.3 Å². The SMILES string of the molecule is NC(=O)Cc1ccc(-c2ccc([C@H](O)[C@@H](CF)NC(=O)C(Cl)Cl)cc2)cn1. The Morgan fingerprint density at radius 2 is 1.78 bits per heavy atom. The van der Waals surface area contributed by atoms with Crippen molar-refractivity contribution in [2.45, 2.75) is 23.4 Å². The number of nitrogens with one attached hydrogen (secondary N) is 1. The highest BCUT2D eigenvalue weighted by Gasteiger charge is 2.25. The van der Waals surface area contributed by atoms with Crippen LogP contribution < -0.4 is 11.1 Å². The second kappa shape index (κ2) is 9.64. The van der Waals surface area contributed by atoms with E-state index in [1.54, 1.807) is 42.6 Å². The molecule has 2 aromatic rings. The fraction of sp³-hybridized carbons (Fsp3) is 0.278. The third-order valence-corrected chi connectivity index (χ3v) is 4.24. The van der Waals surface area contributed by atoms with Gasteiger partial charge in [0.15, 0.2) is 4.84 Å². The molecule has 4 N–H and O–H groups in total. The van der Waals surface area contributed by atoms with Gasteiger partial charge >= 0.3 is 0 Å². The summed E-state index contributed by atoms with van der Waals surface area (Å²) in [4.78, 5) is 25.2. The molecule has 1 aromatic carbocycles. The van der Waals surface area contributed by atoms with Crippen LogP contribution in [0.25, 0.3) is 11.1 Å². The van der Waals surface area contributed by atoms with Crippen LogP contribution in [0.2, 0.25) is 0 Å². The van der Waals surface area contributed by atoms with Gasteiger partial charge in [0.25, 0.3) is 5.91 Å². The van der Waals surface area contributed by atoms with Gasteiger partial charge in [-0.1, -0.05) is 53.5 Å². The molecule has 0 unspecified atom stereocenters. The Morgan fingerprint density at radius 1 is 1.15 bits per heavy atom. The van der Waals surface area contributed by atoms with E-state index in [1.807, 2.05) is 0 Å². The number of carbonyl (C=O) groups is 2. The number of pyridine rings is 1. The molecule has 2 amide bonds. The molecule has 2 rings (SSSR count). The van der Waals surface area contributed by atoms with Crippen molar-refractivity contribution in [2.24, 2.45) is 5.73 Å². The van der Waals surface area contributed by atoms with Gasteiger partial charge in [-0.3, -0.25) is 14.6 Å². The number of nitrogens with zero attached hydrogens (tertiary/aromatic N) is 1. The van der Waals surface area contributed by atoms with E-state index in [1.165, 1.54) is 0 Å². The largest absolute Gasteiger partial charge is 0.386 e. The van der Waals surface area contributed by atoms with Crippen LogP contribution in [-0.4, -0.2) is 39.5 Å². The molecule has 0 spiro atoms. The van der Waals surface area contributed by atoms with Crippen LogP contribution >= 0.6 is 23.2 Å². The van der Waals surface area contributed by atoms with Crippen LogP contribution in [0.15, 0.2) is 42.6 Å².